The van der Waals surface area contributed by atoms with E-state index in [1.165, 1.54) is 36.7 Å². The highest BCUT2D eigenvalue weighted by Crippen LogP contribution is 2.47. The van der Waals surface area contributed by atoms with Crippen LogP contribution in [0.25, 0.3) is 0 Å². The second-order valence-corrected chi connectivity index (χ2v) is 5.31. The lowest BCUT2D eigenvalue weighted by atomic mass is 9.90. The number of benzene rings is 1. The first-order valence-electron chi connectivity index (χ1n) is 6.62. The SMILES string of the molecule is O=C1Nc2ccc(Cl)cc2C(C#Cc2cccnc2)(C(F)(F)F)O1. The third kappa shape index (κ3) is 2.76. The number of carbonyl (C=O) groups is 1. The Morgan fingerprint density at radius 2 is 2.08 bits per heavy atom. The Morgan fingerprint density at radius 1 is 1.29 bits per heavy atom. The molecule has 1 unspecified atom stereocenters. The van der Waals surface area contributed by atoms with Crippen molar-refractivity contribution in [2.24, 2.45) is 0 Å². The standard InChI is InChI=1S/C16H8ClF3N2O2/c17-11-3-4-13-12(8-11)15(16(18,19)20,24-14(23)22-13)6-5-10-2-1-7-21-9-10/h1-4,7-9H,(H,22,23). The van der Waals surface area contributed by atoms with E-state index in [1.807, 2.05) is 5.92 Å². The summed E-state index contributed by atoms with van der Waals surface area (Å²) in [5, 5.41) is 2.27. The molecule has 2 aromatic rings. The molecular formula is C16H8ClF3N2O2. The smallest absolute Gasteiger partial charge is 0.415 e. The number of anilines is 1. The Labute approximate surface area is 139 Å². The molecule has 0 saturated carbocycles. The molecule has 122 valence electrons. The quantitative estimate of drug-likeness (QED) is 0.726. The summed E-state index contributed by atoms with van der Waals surface area (Å²) in [6.45, 7) is 0. The number of nitrogens with zero attached hydrogens (tertiary/aromatic N) is 1. The summed E-state index contributed by atoms with van der Waals surface area (Å²) in [6.07, 6.45) is -3.45. The fourth-order valence-corrected chi connectivity index (χ4v) is 2.39. The molecule has 0 bridgehead atoms. The van der Waals surface area contributed by atoms with Gasteiger partial charge in [-0.1, -0.05) is 17.5 Å². The summed E-state index contributed by atoms with van der Waals surface area (Å²) >= 11 is 5.81. The average Bonchev–Trinajstić information content (AvgIpc) is 2.53. The molecule has 1 aromatic heterocycles. The number of aromatic nitrogens is 1. The van der Waals surface area contributed by atoms with Crippen molar-refractivity contribution in [2.45, 2.75) is 11.8 Å². The van der Waals surface area contributed by atoms with Crippen LogP contribution in [0, 0.1) is 11.8 Å². The molecular weight excluding hydrogens is 345 g/mol. The Morgan fingerprint density at radius 3 is 2.75 bits per heavy atom. The Bertz CT molecular complexity index is 859. The predicted molar refractivity (Wildman–Crippen MR) is 80.4 cm³/mol. The van der Waals surface area contributed by atoms with E-state index < -0.39 is 17.9 Å². The highest BCUT2D eigenvalue weighted by atomic mass is 35.5. The van der Waals surface area contributed by atoms with Crippen LogP contribution in [0.4, 0.5) is 23.7 Å². The van der Waals surface area contributed by atoms with Gasteiger partial charge in [-0.3, -0.25) is 10.3 Å². The summed E-state index contributed by atoms with van der Waals surface area (Å²) in [7, 11) is 0. The van der Waals surface area contributed by atoms with Crippen molar-refractivity contribution >= 4 is 23.4 Å². The third-order valence-electron chi connectivity index (χ3n) is 3.29. The van der Waals surface area contributed by atoms with E-state index in [2.05, 4.69) is 21.0 Å². The number of hydrogen-bond donors (Lipinski definition) is 1. The zero-order chi connectivity index (χ0) is 17.4. The van der Waals surface area contributed by atoms with E-state index in [-0.39, 0.29) is 21.8 Å². The molecule has 1 N–H and O–H groups in total. The van der Waals surface area contributed by atoms with Crippen LogP contribution in [0.2, 0.25) is 5.02 Å². The number of rotatable bonds is 0. The molecule has 1 aliphatic heterocycles. The van der Waals surface area contributed by atoms with E-state index in [1.54, 1.807) is 0 Å². The summed E-state index contributed by atoms with van der Waals surface area (Å²) in [5.74, 6) is 4.41. The highest BCUT2D eigenvalue weighted by molar-refractivity contribution is 6.30. The van der Waals surface area contributed by atoms with E-state index in [4.69, 9.17) is 11.6 Å². The van der Waals surface area contributed by atoms with Crippen molar-refractivity contribution in [1.82, 2.24) is 4.98 Å². The lowest BCUT2D eigenvalue weighted by Crippen LogP contribution is -2.49. The van der Waals surface area contributed by atoms with E-state index in [9.17, 15) is 18.0 Å². The Kier molecular flexibility index (Phi) is 3.85. The van der Waals surface area contributed by atoms with Crippen LogP contribution < -0.4 is 5.32 Å². The molecule has 8 heteroatoms. The maximum atomic E-state index is 13.8. The highest BCUT2D eigenvalue weighted by Gasteiger charge is 2.62. The van der Waals surface area contributed by atoms with Gasteiger partial charge in [0.05, 0.1) is 5.69 Å². The number of hydrogen-bond acceptors (Lipinski definition) is 3. The van der Waals surface area contributed by atoms with Gasteiger partial charge in [0, 0.05) is 28.5 Å². The summed E-state index contributed by atoms with van der Waals surface area (Å²) in [4.78, 5) is 15.4. The van der Waals surface area contributed by atoms with Crippen LogP contribution in [-0.2, 0) is 10.3 Å². The average molecular weight is 353 g/mol. The van der Waals surface area contributed by atoms with Gasteiger partial charge < -0.3 is 4.74 Å². The lowest BCUT2D eigenvalue weighted by molar-refractivity contribution is -0.239. The fraction of sp³-hybridized carbons (Fsp3) is 0.125. The van der Waals surface area contributed by atoms with Gasteiger partial charge in [0.25, 0.3) is 5.60 Å². The van der Waals surface area contributed by atoms with Gasteiger partial charge in [-0.2, -0.15) is 13.2 Å². The van der Waals surface area contributed by atoms with Crippen LogP contribution in [0.3, 0.4) is 0 Å². The minimum absolute atomic E-state index is 0.0605. The second kappa shape index (κ2) is 5.73. The number of alkyl halides is 3. The van der Waals surface area contributed by atoms with Crippen LogP contribution in [0.15, 0.2) is 42.7 Å². The van der Waals surface area contributed by atoms with Crippen molar-refractivity contribution in [3.8, 4) is 11.8 Å². The summed E-state index contributed by atoms with van der Waals surface area (Å²) < 4.78 is 46.1. The normalized spacial score (nSPS) is 19.4. The number of ether oxygens (including phenoxy) is 1. The van der Waals surface area contributed by atoms with Crippen LogP contribution in [0.1, 0.15) is 11.1 Å². The molecule has 0 fully saturated rings. The number of fused-ring (bicyclic) bond motifs is 1. The maximum Gasteiger partial charge on any atom is 0.445 e. The largest absolute Gasteiger partial charge is 0.445 e. The predicted octanol–water partition coefficient (Wildman–Crippen LogP) is 4.11. The fourth-order valence-electron chi connectivity index (χ4n) is 2.22. The van der Waals surface area contributed by atoms with Crippen molar-refractivity contribution in [3.05, 3.63) is 58.9 Å². The molecule has 0 saturated heterocycles. The number of pyridine rings is 1. The monoisotopic (exact) mass is 352 g/mol. The van der Waals surface area contributed by atoms with Gasteiger partial charge in [0.15, 0.2) is 0 Å². The minimum atomic E-state index is -4.97. The van der Waals surface area contributed by atoms with Crippen molar-refractivity contribution in [2.75, 3.05) is 5.32 Å². The van der Waals surface area contributed by atoms with Crippen LogP contribution in [-0.4, -0.2) is 17.3 Å². The molecule has 1 amide bonds. The molecule has 1 atom stereocenters. The Balaban J connectivity index is 2.23. The van der Waals surface area contributed by atoms with Crippen LogP contribution >= 0.6 is 11.6 Å². The first-order chi connectivity index (χ1) is 11.3. The molecule has 0 aliphatic carbocycles. The minimum Gasteiger partial charge on any atom is -0.415 e. The molecule has 1 aliphatic rings. The Hall–Kier alpha value is -2.72. The van der Waals surface area contributed by atoms with Gasteiger partial charge in [-0.05, 0) is 36.3 Å². The van der Waals surface area contributed by atoms with Gasteiger partial charge >= 0.3 is 12.3 Å². The number of halogens is 4. The summed E-state index contributed by atoms with van der Waals surface area (Å²) in [6, 6.07) is 6.73. The third-order valence-corrected chi connectivity index (χ3v) is 3.52. The molecule has 0 radical (unpaired) electrons. The maximum absolute atomic E-state index is 13.8. The molecule has 4 nitrogen and oxygen atoms in total. The first kappa shape index (κ1) is 16.1. The molecule has 0 spiro atoms. The van der Waals surface area contributed by atoms with E-state index >= 15 is 0 Å². The second-order valence-electron chi connectivity index (χ2n) is 4.88. The lowest BCUT2D eigenvalue weighted by Gasteiger charge is -2.35. The van der Waals surface area contributed by atoms with Crippen molar-refractivity contribution in [3.63, 3.8) is 0 Å². The first-order valence-corrected chi connectivity index (χ1v) is 6.99. The van der Waals surface area contributed by atoms with Gasteiger partial charge in [0.1, 0.15) is 0 Å². The molecule has 24 heavy (non-hydrogen) atoms. The number of amides is 1. The van der Waals surface area contributed by atoms with Crippen LogP contribution in [0.5, 0.6) is 0 Å². The zero-order valence-electron chi connectivity index (χ0n) is 11.8. The molecule has 3 rings (SSSR count). The topological polar surface area (TPSA) is 51.2 Å². The number of nitrogens with one attached hydrogen (secondary N) is 1. The number of cyclic esters (lactones) is 1. The van der Waals surface area contributed by atoms with Gasteiger partial charge in [-0.25, -0.2) is 4.79 Å². The van der Waals surface area contributed by atoms with Crippen molar-refractivity contribution < 1.29 is 22.7 Å². The van der Waals surface area contributed by atoms with Gasteiger partial charge in [0.2, 0.25) is 0 Å². The molecule has 2 heterocycles. The van der Waals surface area contributed by atoms with E-state index in [0.717, 1.165) is 6.07 Å². The van der Waals surface area contributed by atoms with Crippen molar-refractivity contribution in [1.29, 1.82) is 0 Å². The molecule has 1 aromatic carbocycles. The van der Waals surface area contributed by atoms with E-state index in [0.29, 0.717) is 0 Å². The summed E-state index contributed by atoms with van der Waals surface area (Å²) in [5.41, 5.74) is -3.31. The zero-order valence-corrected chi connectivity index (χ0v) is 12.6. The number of carbonyl (C=O) groups excluding carboxylic acids is 1. The van der Waals surface area contributed by atoms with Gasteiger partial charge in [-0.15, -0.1) is 0 Å².